The van der Waals surface area contributed by atoms with Crippen LogP contribution in [-0.4, -0.2) is 17.0 Å². The highest BCUT2D eigenvalue weighted by atomic mass is 16.3. The summed E-state index contributed by atoms with van der Waals surface area (Å²) in [6.07, 6.45) is 20.1. The fraction of sp³-hybridized carbons (Fsp3) is 0.864. The van der Waals surface area contributed by atoms with Crippen molar-refractivity contribution >= 4 is 5.78 Å². The smallest absolute Gasteiger partial charge is 0.161 e. The van der Waals surface area contributed by atoms with Crippen LogP contribution in [0.3, 0.4) is 0 Å². The summed E-state index contributed by atoms with van der Waals surface area (Å²) in [5.74, 6) is 0.923. The number of hydrogen-bond acceptors (Lipinski definition) is 2. The Balaban J connectivity index is 2.40. The molecule has 1 N–H and O–H groups in total. The maximum Gasteiger partial charge on any atom is 0.161 e. The lowest BCUT2D eigenvalue weighted by molar-refractivity contribution is -0.128. The average Bonchev–Trinajstić information content (AvgIpc) is 2.54. The summed E-state index contributed by atoms with van der Waals surface area (Å²) in [6.45, 7) is 4.33. The Morgan fingerprint density at radius 2 is 1.29 bits per heavy atom. The molecule has 2 heteroatoms. The van der Waals surface area contributed by atoms with Gasteiger partial charge in [0.2, 0.25) is 0 Å². The van der Waals surface area contributed by atoms with Crippen LogP contribution in [-0.2, 0) is 4.79 Å². The summed E-state index contributed by atoms with van der Waals surface area (Å²) in [7, 11) is 0. The second-order valence-corrected chi connectivity index (χ2v) is 8.09. The van der Waals surface area contributed by atoms with E-state index in [-0.39, 0.29) is 5.78 Å². The quantitative estimate of drug-likeness (QED) is 0.533. The van der Waals surface area contributed by atoms with E-state index in [0.29, 0.717) is 24.7 Å². The summed E-state index contributed by atoms with van der Waals surface area (Å²) in [4.78, 5) is 12.2. The van der Waals surface area contributed by atoms with Crippen LogP contribution in [0.15, 0.2) is 12.2 Å². The monoisotopic (exact) mass is 336 g/mol. The first-order valence-electron chi connectivity index (χ1n) is 10.5. The zero-order valence-electron chi connectivity index (χ0n) is 16.1. The zero-order chi connectivity index (χ0) is 17.6. The van der Waals surface area contributed by atoms with Crippen LogP contribution in [0.5, 0.6) is 0 Å². The van der Waals surface area contributed by atoms with Gasteiger partial charge in [0.25, 0.3) is 0 Å². The number of carbonyl (C=O) groups excluding carboxylic acids is 1. The number of carbonyl (C=O) groups is 1. The molecule has 0 heterocycles. The van der Waals surface area contributed by atoms with Crippen molar-refractivity contribution in [2.24, 2.45) is 11.8 Å². The molecule has 0 bridgehead atoms. The number of rotatable bonds is 0. The van der Waals surface area contributed by atoms with Crippen molar-refractivity contribution in [2.45, 2.75) is 110 Å². The molecule has 0 amide bonds. The van der Waals surface area contributed by atoms with Crippen molar-refractivity contribution in [1.82, 2.24) is 0 Å². The molecule has 0 aromatic rings. The molecular formula is C22H40O2. The van der Waals surface area contributed by atoms with E-state index in [1.165, 1.54) is 64.2 Å². The second-order valence-electron chi connectivity index (χ2n) is 8.09. The molecule has 0 fully saturated rings. The lowest BCUT2D eigenvalue weighted by Crippen LogP contribution is -2.24. The number of hydrogen-bond donors (Lipinski definition) is 1. The molecule has 24 heavy (non-hydrogen) atoms. The number of aliphatic hydroxyl groups excluding tert-OH is 1. The first-order chi connectivity index (χ1) is 11.6. The lowest BCUT2D eigenvalue weighted by Gasteiger charge is -2.17. The number of ketones is 1. The van der Waals surface area contributed by atoms with Crippen molar-refractivity contribution in [3.8, 4) is 0 Å². The Bertz CT molecular complexity index is 348. The lowest BCUT2D eigenvalue weighted by atomic mass is 9.90. The van der Waals surface area contributed by atoms with Gasteiger partial charge in [-0.05, 0) is 43.9 Å². The predicted molar refractivity (Wildman–Crippen MR) is 103 cm³/mol. The van der Waals surface area contributed by atoms with Gasteiger partial charge in [0.1, 0.15) is 6.10 Å². The van der Waals surface area contributed by atoms with Crippen LogP contribution in [0.2, 0.25) is 0 Å². The van der Waals surface area contributed by atoms with Gasteiger partial charge in [0.15, 0.2) is 5.78 Å². The molecule has 1 rings (SSSR count). The average molecular weight is 337 g/mol. The molecule has 0 spiro atoms. The minimum absolute atomic E-state index is 0.0638. The highest BCUT2D eigenvalue weighted by molar-refractivity contribution is 5.82. The van der Waals surface area contributed by atoms with Gasteiger partial charge >= 0.3 is 0 Å². The van der Waals surface area contributed by atoms with Gasteiger partial charge in [-0.1, -0.05) is 77.4 Å². The van der Waals surface area contributed by atoms with Crippen molar-refractivity contribution in [3.63, 3.8) is 0 Å². The molecule has 3 atom stereocenters. The molecule has 3 unspecified atom stereocenters. The molecule has 0 radical (unpaired) electrons. The van der Waals surface area contributed by atoms with Gasteiger partial charge in [-0.3, -0.25) is 4.79 Å². The van der Waals surface area contributed by atoms with E-state index in [9.17, 15) is 9.90 Å². The maximum absolute atomic E-state index is 12.2. The van der Waals surface area contributed by atoms with Gasteiger partial charge in [-0.15, -0.1) is 0 Å². The third-order valence-electron chi connectivity index (χ3n) is 5.35. The molecule has 0 saturated heterocycles. The molecular weight excluding hydrogens is 296 g/mol. The zero-order valence-corrected chi connectivity index (χ0v) is 16.1. The SMILES string of the molecule is CC1CCCCCCC=CCCCCCCC(C)CC(O)C(=O)C1. The number of Topliss-reactive ketones (excluding diaryl/α,β-unsaturated/α-hetero) is 1. The van der Waals surface area contributed by atoms with Crippen LogP contribution in [0.1, 0.15) is 104 Å². The van der Waals surface area contributed by atoms with Crippen molar-refractivity contribution in [2.75, 3.05) is 0 Å². The summed E-state index contributed by atoms with van der Waals surface area (Å²) in [6, 6.07) is 0. The van der Waals surface area contributed by atoms with Gasteiger partial charge in [-0.2, -0.15) is 0 Å². The first-order valence-corrected chi connectivity index (χ1v) is 10.5. The Labute approximate surface area is 150 Å². The molecule has 0 saturated carbocycles. The summed E-state index contributed by atoms with van der Waals surface area (Å²) < 4.78 is 0. The van der Waals surface area contributed by atoms with E-state index >= 15 is 0 Å². The van der Waals surface area contributed by atoms with Crippen molar-refractivity contribution < 1.29 is 9.90 Å². The first kappa shape index (κ1) is 21.4. The van der Waals surface area contributed by atoms with Crippen LogP contribution >= 0.6 is 0 Å². The van der Waals surface area contributed by atoms with Gasteiger partial charge in [-0.25, -0.2) is 0 Å². The van der Waals surface area contributed by atoms with E-state index in [2.05, 4.69) is 26.0 Å². The van der Waals surface area contributed by atoms with E-state index < -0.39 is 6.10 Å². The van der Waals surface area contributed by atoms with E-state index in [1.807, 2.05) is 0 Å². The predicted octanol–water partition coefficient (Wildman–Crippen LogP) is 6.22. The van der Waals surface area contributed by atoms with Crippen LogP contribution in [0.25, 0.3) is 0 Å². The van der Waals surface area contributed by atoms with Crippen molar-refractivity contribution in [3.05, 3.63) is 12.2 Å². The minimum atomic E-state index is -0.738. The molecule has 0 aromatic heterocycles. The third kappa shape index (κ3) is 11.0. The molecule has 140 valence electrons. The van der Waals surface area contributed by atoms with Gasteiger partial charge < -0.3 is 5.11 Å². The Kier molecular flexibility index (Phi) is 12.2. The fourth-order valence-corrected chi connectivity index (χ4v) is 3.66. The van der Waals surface area contributed by atoms with E-state index in [0.717, 1.165) is 12.8 Å². The Morgan fingerprint density at radius 3 is 1.88 bits per heavy atom. The van der Waals surface area contributed by atoms with Crippen LogP contribution in [0, 0.1) is 11.8 Å². The molecule has 1 aliphatic carbocycles. The number of allylic oxidation sites excluding steroid dienone is 2. The highest BCUT2D eigenvalue weighted by Gasteiger charge is 2.20. The normalized spacial score (nSPS) is 30.8. The van der Waals surface area contributed by atoms with Gasteiger partial charge in [0, 0.05) is 6.42 Å². The standard InChI is InChI=1S/C22H40O2/c1-19-15-13-11-9-7-5-3-4-6-8-10-12-14-16-20(2)18-22(24)21(23)17-19/h3-4,19-21,23H,5-18H2,1-2H3. The second kappa shape index (κ2) is 13.6. The third-order valence-corrected chi connectivity index (χ3v) is 5.35. The summed E-state index contributed by atoms with van der Waals surface area (Å²) in [5.41, 5.74) is 0. The summed E-state index contributed by atoms with van der Waals surface area (Å²) in [5, 5.41) is 10.2. The minimum Gasteiger partial charge on any atom is -0.385 e. The Hall–Kier alpha value is -0.630. The Morgan fingerprint density at radius 1 is 0.792 bits per heavy atom. The van der Waals surface area contributed by atoms with Gasteiger partial charge in [0.05, 0.1) is 0 Å². The molecule has 0 aliphatic heterocycles. The maximum atomic E-state index is 12.2. The largest absolute Gasteiger partial charge is 0.385 e. The number of aliphatic hydroxyl groups is 1. The fourth-order valence-electron chi connectivity index (χ4n) is 3.66. The van der Waals surface area contributed by atoms with Crippen molar-refractivity contribution in [1.29, 1.82) is 0 Å². The topological polar surface area (TPSA) is 37.3 Å². The van der Waals surface area contributed by atoms with Crippen LogP contribution < -0.4 is 0 Å². The summed E-state index contributed by atoms with van der Waals surface area (Å²) >= 11 is 0. The highest BCUT2D eigenvalue weighted by Crippen LogP contribution is 2.20. The van der Waals surface area contributed by atoms with E-state index in [4.69, 9.17) is 0 Å². The van der Waals surface area contributed by atoms with E-state index in [1.54, 1.807) is 0 Å². The van der Waals surface area contributed by atoms with Crippen LogP contribution in [0.4, 0.5) is 0 Å². The molecule has 0 aromatic carbocycles. The molecule has 1 aliphatic rings. The molecule has 2 nitrogen and oxygen atoms in total.